The van der Waals surface area contributed by atoms with E-state index in [4.69, 9.17) is 4.78 Å². The van der Waals surface area contributed by atoms with Crippen molar-refractivity contribution in [3.63, 3.8) is 0 Å². The van der Waals surface area contributed by atoms with E-state index < -0.39 is 9.92 Å². The lowest BCUT2D eigenvalue weighted by Crippen LogP contribution is -2.14. The summed E-state index contributed by atoms with van der Waals surface area (Å²) in [5, 5.41) is 1.33. The Labute approximate surface area is 48.2 Å². The quantitative estimate of drug-likeness (QED) is 0.495. The highest BCUT2D eigenvalue weighted by Gasteiger charge is 1.95. The first-order valence-corrected chi connectivity index (χ1v) is 3.72. The molecule has 44 valence electrons. The Hall–Kier alpha value is -0.770. The molecule has 1 rings (SSSR count). The number of allylic oxidation sites excluding steroid dienone is 2. The maximum Gasteiger partial charge on any atom is 0.148 e. The fraction of sp³-hybridized carbons (Fsp3) is 0. The normalized spacial score (nSPS) is 34.5. The molecule has 1 aliphatic heterocycles. The minimum Gasteiger partial charge on any atom is -0.303 e. The van der Waals surface area contributed by atoms with Gasteiger partial charge in [0, 0.05) is 11.6 Å². The van der Waals surface area contributed by atoms with Gasteiger partial charge in [0.05, 0.1) is 0 Å². The summed E-state index contributed by atoms with van der Waals surface area (Å²) < 4.78 is 19.9. The summed E-state index contributed by atoms with van der Waals surface area (Å²) >= 11 is 0. The minimum absolute atomic E-state index is 1.33. The molecule has 0 radical (unpaired) electrons. The van der Waals surface area contributed by atoms with Crippen LogP contribution in [0.3, 0.4) is 0 Å². The van der Waals surface area contributed by atoms with Crippen LogP contribution in [0.5, 0.6) is 0 Å². The minimum atomic E-state index is -2.60. The summed E-state index contributed by atoms with van der Waals surface area (Å²) in [5.41, 5.74) is 0. The topological polar surface area (TPSA) is 53.0 Å². The lowest BCUT2D eigenvalue weighted by Gasteiger charge is -2.01. The van der Waals surface area contributed by atoms with E-state index in [0.29, 0.717) is 0 Å². The standard InChI is InChI=1S/C4H6N2OS/c5-8(7)4-2-1-3-6-8/h1-4H,(H2,5,6,7). The van der Waals surface area contributed by atoms with E-state index in [1.54, 1.807) is 12.2 Å². The van der Waals surface area contributed by atoms with Crippen molar-refractivity contribution in [2.45, 2.75) is 0 Å². The van der Waals surface area contributed by atoms with Gasteiger partial charge in [-0.15, -0.1) is 0 Å². The molecular weight excluding hydrogens is 124 g/mol. The second-order valence-corrected chi connectivity index (χ2v) is 3.12. The van der Waals surface area contributed by atoms with Crippen molar-refractivity contribution < 1.29 is 4.21 Å². The summed E-state index contributed by atoms with van der Waals surface area (Å²) in [7, 11) is -2.60. The van der Waals surface area contributed by atoms with Crippen molar-refractivity contribution in [2.24, 2.45) is 0 Å². The molecule has 0 aliphatic carbocycles. The van der Waals surface area contributed by atoms with Crippen LogP contribution in [0.2, 0.25) is 0 Å². The SMILES string of the molecule is N=S1(=O)C=CC=CN1. The lowest BCUT2D eigenvalue weighted by atomic mass is 10.6. The summed E-state index contributed by atoms with van der Waals surface area (Å²) in [6.45, 7) is 0. The van der Waals surface area contributed by atoms with Crippen LogP contribution in [0.15, 0.2) is 23.8 Å². The van der Waals surface area contributed by atoms with Gasteiger partial charge in [-0.1, -0.05) is 0 Å². The Morgan fingerprint density at radius 1 is 1.50 bits per heavy atom. The molecule has 1 heterocycles. The third-order valence-corrected chi connectivity index (χ3v) is 1.75. The highest BCUT2D eigenvalue weighted by molar-refractivity contribution is 7.93. The van der Waals surface area contributed by atoms with E-state index >= 15 is 0 Å². The average molecular weight is 130 g/mol. The number of hydrogen-bond acceptors (Lipinski definition) is 2. The Morgan fingerprint density at radius 3 is 2.50 bits per heavy atom. The molecule has 8 heavy (non-hydrogen) atoms. The highest BCUT2D eigenvalue weighted by atomic mass is 32.2. The van der Waals surface area contributed by atoms with Gasteiger partial charge >= 0.3 is 0 Å². The molecule has 2 N–H and O–H groups in total. The van der Waals surface area contributed by atoms with E-state index in [-0.39, 0.29) is 0 Å². The molecule has 4 heteroatoms. The van der Waals surface area contributed by atoms with Crippen LogP contribution in [0, 0.1) is 4.78 Å². The van der Waals surface area contributed by atoms with Crippen molar-refractivity contribution >= 4 is 9.92 Å². The van der Waals surface area contributed by atoms with Crippen molar-refractivity contribution in [1.82, 2.24) is 4.72 Å². The molecule has 0 fully saturated rings. The molecule has 0 spiro atoms. The maximum atomic E-state index is 10.6. The molecule has 1 unspecified atom stereocenters. The van der Waals surface area contributed by atoms with Crippen LogP contribution >= 0.6 is 0 Å². The second kappa shape index (κ2) is 1.63. The molecule has 0 saturated heterocycles. The van der Waals surface area contributed by atoms with Crippen molar-refractivity contribution in [3.05, 3.63) is 23.8 Å². The summed E-state index contributed by atoms with van der Waals surface area (Å²) in [5.74, 6) is 0. The zero-order valence-corrected chi connectivity index (χ0v) is 4.94. The molecule has 0 aromatic rings. The first-order valence-electron chi connectivity index (χ1n) is 2.10. The highest BCUT2D eigenvalue weighted by Crippen LogP contribution is 1.93. The first kappa shape index (κ1) is 5.37. The monoisotopic (exact) mass is 130 g/mol. The zero-order chi connectivity index (χ0) is 6.04. The van der Waals surface area contributed by atoms with Crippen LogP contribution in [0.25, 0.3) is 0 Å². The molecule has 0 saturated carbocycles. The predicted molar refractivity (Wildman–Crippen MR) is 32.3 cm³/mol. The maximum absolute atomic E-state index is 10.6. The summed E-state index contributed by atoms with van der Waals surface area (Å²) in [6.07, 6.45) is 4.78. The number of rotatable bonds is 0. The van der Waals surface area contributed by atoms with Crippen LogP contribution in [-0.2, 0) is 9.92 Å². The lowest BCUT2D eigenvalue weighted by molar-refractivity contribution is 0.677. The van der Waals surface area contributed by atoms with Crippen LogP contribution in [-0.4, -0.2) is 4.21 Å². The van der Waals surface area contributed by atoms with E-state index in [0.717, 1.165) is 0 Å². The van der Waals surface area contributed by atoms with Crippen molar-refractivity contribution in [2.75, 3.05) is 0 Å². The molecule has 0 bridgehead atoms. The average Bonchev–Trinajstić information content (AvgIpc) is 1.65. The summed E-state index contributed by atoms with van der Waals surface area (Å²) in [4.78, 5) is 0. The number of hydrogen-bond donors (Lipinski definition) is 2. The Kier molecular flexibility index (Phi) is 1.09. The third kappa shape index (κ3) is 1.10. The molecule has 1 aliphatic rings. The van der Waals surface area contributed by atoms with Crippen LogP contribution in [0.1, 0.15) is 0 Å². The Morgan fingerprint density at radius 2 is 2.25 bits per heavy atom. The van der Waals surface area contributed by atoms with Gasteiger partial charge < -0.3 is 4.72 Å². The van der Waals surface area contributed by atoms with Crippen LogP contribution in [0.4, 0.5) is 0 Å². The van der Waals surface area contributed by atoms with Gasteiger partial charge in [0.25, 0.3) is 0 Å². The van der Waals surface area contributed by atoms with E-state index in [9.17, 15) is 4.21 Å². The smallest absolute Gasteiger partial charge is 0.148 e. The van der Waals surface area contributed by atoms with Crippen molar-refractivity contribution in [1.29, 1.82) is 4.78 Å². The fourth-order valence-electron chi connectivity index (χ4n) is 0.391. The third-order valence-electron chi connectivity index (χ3n) is 0.721. The first-order chi connectivity index (χ1) is 3.71. The molecule has 0 amide bonds. The second-order valence-electron chi connectivity index (χ2n) is 1.41. The van der Waals surface area contributed by atoms with Gasteiger partial charge in [0.1, 0.15) is 9.92 Å². The van der Waals surface area contributed by atoms with Gasteiger partial charge in [-0.2, -0.15) is 0 Å². The van der Waals surface area contributed by atoms with Gasteiger partial charge in [-0.05, 0) is 12.2 Å². The largest absolute Gasteiger partial charge is 0.303 e. The fourth-order valence-corrected chi connectivity index (χ4v) is 1.06. The Bertz CT molecular complexity index is 224. The van der Waals surface area contributed by atoms with Gasteiger partial charge in [-0.25, -0.2) is 8.99 Å². The molecular formula is C4H6N2OS. The molecule has 0 aromatic heterocycles. The van der Waals surface area contributed by atoms with E-state index in [2.05, 4.69) is 4.72 Å². The van der Waals surface area contributed by atoms with Crippen LogP contribution < -0.4 is 4.72 Å². The summed E-state index contributed by atoms with van der Waals surface area (Å²) in [6, 6.07) is 0. The van der Waals surface area contributed by atoms with Gasteiger partial charge in [-0.3, -0.25) is 0 Å². The zero-order valence-electron chi connectivity index (χ0n) is 4.13. The predicted octanol–water partition coefficient (Wildman–Crippen LogP) is 0.579. The van der Waals surface area contributed by atoms with E-state index in [1.165, 1.54) is 11.6 Å². The van der Waals surface area contributed by atoms with Crippen molar-refractivity contribution in [3.8, 4) is 0 Å². The molecule has 3 nitrogen and oxygen atoms in total. The molecule has 0 aromatic carbocycles. The van der Waals surface area contributed by atoms with Gasteiger partial charge in [0.2, 0.25) is 0 Å². The van der Waals surface area contributed by atoms with E-state index in [1.807, 2.05) is 0 Å². The Balaban J connectivity index is 2.98. The molecule has 1 atom stereocenters. The van der Waals surface area contributed by atoms with Gasteiger partial charge in [0.15, 0.2) is 0 Å². The number of nitrogens with one attached hydrogen (secondary N) is 2.